The molecule has 1 heterocycles. The van der Waals surface area contributed by atoms with Gasteiger partial charge in [0.25, 0.3) is 5.69 Å². The van der Waals surface area contributed by atoms with Gasteiger partial charge in [-0.05, 0) is 54.5 Å². The van der Waals surface area contributed by atoms with Crippen LogP contribution in [-0.4, -0.2) is 40.2 Å². The highest BCUT2D eigenvalue weighted by molar-refractivity contribution is 7.89. The van der Waals surface area contributed by atoms with Gasteiger partial charge in [0.15, 0.2) is 0 Å². The summed E-state index contributed by atoms with van der Waals surface area (Å²) >= 11 is 0. The third-order valence-corrected chi connectivity index (χ3v) is 6.15. The average Bonchev–Trinajstić information content (AvgIpc) is 2.72. The summed E-state index contributed by atoms with van der Waals surface area (Å²) in [6.45, 7) is 1.88. The van der Waals surface area contributed by atoms with Crippen LogP contribution in [0.25, 0.3) is 0 Å². The van der Waals surface area contributed by atoms with Crippen molar-refractivity contribution < 1.29 is 22.8 Å². The van der Waals surface area contributed by atoms with Crippen LogP contribution in [0.3, 0.4) is 0 Å². The molecule has 2 aromatic rings. The van der Waals surface area contributed by atoms with E-state index in [4.69, 9.17) is 14.6 Å². The van der Waals surface area contributed by atoms with Gasteiger partial charge in [-0.3, -0.25) is 10.1 Å². The van der Waals surface area contributed by atoms with Gasteiger partial charge in [-0.25, -0.2) is 13.6 Å². The molecule has 1 fully saturated rings. The molecule has 0 bridgehead atoms. The number of rotatable bonds is 8. The van der Waals surface area contributed by atoms with E-state index in [-0.39, 0.29) is 22.7 Å². The third-order valence-electron chi connectivity index (χ3n) is 5.16. The summed E-state index contributed by atoms with van der Waals surface area (Å²) in [5.41, 5.74) is 1.18. The maximum atomic E-state index is 12.1. The van der Waals surface area contributed by atoms with E-state index in [1.807, 2.05) is 12.1 Å². The molecule has 1 aliphatic heterocycles. The van der Waals surface area contributed by atoms with Crippen molar-refractivity contribution in [1.29, 1.82) is 0 Å². The van der Waals surface area contributed by atoms with Gasteiger partial charge < -0.3 is 14.8 Å². The molecular formula is C20H25N3O6S. The third kappa shape index (κ3) is 5.47. The summed E-state index contributed by atoms with van der Waals surface area (Å²) in [5, 5.41) is 20.1. The van der Waals surface area contributed by atoms with Crippen LogP contribution in [0.2, 0.25) is 0 Å². The van der Waals surface area contributed by atoms with E-state index in [0.29, 0.717) is 37.0 Å². The fraction of sp³-hybridized carbons (Fsp3) is 0.400. The maximum Gasteiger partial charge on any atom is 0.293 e. The Kier molecular flexibility index (Phi) is 6.91. The first-order valence-corrected chi connectivity index (χ1v) is 11.1. The Balaban J connectivity index is 1.95. The van der Waals surface area contributed by atoms with Gasteiger partial charge in [0.2, 0.25) is 10.0 Å². The van der Waals surface area contributed by atoms with Crippen molar-refractivity contribution in [3.8, 4) is 5.75 Å². The molecule has 162 valence electrons. The second-order valence-electron chi connectivity index (χ2n) is 7.24. The molecule has 0 unspecified atom stereocenters. The molecule has 10 heteroatoms. The summed E-state index contributed by atoms with van der Waals surface area (Å²) < 4.78 is 34.8. The second kappa shape index (κ2) is 9.41. The summed E-state index contributed by atoms with van der Waals surface area (Å²) in [4.78, 5) is 10.7. The van der Waals surface area contributed by atoms with Crippen LogP contribution in [0.5, 0.6) is 5.75 Å². The molecule has 9 nitrogen and oxygen atoms in total. The number of sulfonamides is 1. The summed E-state index contributed by atoms with van der Waals surface area (Å²) in [7, 11) is -2.59. The lowest BCUT2D eigenvalue weighted by molar-refractivity contribution is -0.384. The van der Waals surface area contributed by atoms with E-state index in [0.717, 1.165) is 24.5 Å². The number of anilines is 1. The molecule has 0 aromatic heterocycles. The molecule has 3 rings (SSSR count). The summed E-state index contributed by atoms with van der Waals surface area (Å²) in [6.07, 6.45) is 1.99. The number of nitrogens with two attached hydrogens (primary N) is 1. The molecule has 30 heavy (non-hydrogen) atoms. The number of nitrogens with one attached hydrogen (secondary N) is 1. The minimum atomic E-state index is -4.15. The highest BCUT2D eigenvalue weighted by Crippen LogP contribution is 2.32. The van der Waals surface area contributed by atoms with Gasteiger partial charge in [-0.15, -0.1) is 0 Å². The monoisotopic (exact) mass is 435 g/mol. The molecule has 0 aliphatic carbocycles. The topological polar surface area (TPSA) is 134 Å². The number of hydrogen-bond acceptors (Lipinski definition) is 7. The van der Waals surface area contributed by atoms with E-state index in [9.17, 15) is 18.5 Å². The first-order chi connectivity index (χ1) is 14.3. The normalized spacial score (nSPS) is 15.0. The van der Waals surface area contributed by atoms with E-state index < -0.39 is 14.9 Å². The molecule has 0 spiro atoms. The highest BCUT2D eigenvalue weighted by atomic mass is 32.2. The van der Waals surface area contributed by atoms with Gasteiger partial charge in [0.05, 0.1) is 16.9 Å². The Morgan fingerprint density at radius 2 is 1.90 bits per heavy atom. The largest absolute Gasteiger partial charge is 0.497 e. The fourth-order valence-electron chi connectivity index (χ4n) is 3.48. The number of methoxy groups -OCH3 is 1. The first-order valence-electron chi connectivity index (χ1n) is 9.56. The van der Waals surface area contributed by atoms with E-state index in [2.05, 4.69) is 5.32 Å². The van der Waals surface area contributed by atoms with Gasteiger partial charge in [0, 0.05) is 25.8 Å². The molecule has 0 saturated carbocycles. The van der Waals surface area contributed by atoms with Crippen LogP contribution in [-0.2, 0) is 21.2 Å². The maximum absolute atomic E-state index is 12.1. The second-order valence-corrected chi connectivity index (χ2v) is 8.77. The van der Waals surface area contributed by atoms with Gasteiger partial charge in [0.1, 0.15) is 11.4 Å². The van der Waals surface area contributed by atoms with Crippen LogP contribution in [0.15, 0.2) is 41.3 Å². The highest BCUT2D eigenvalue weighted by Gasteiger charge is 2.24. The Morgan fingerprint density at radius 1 is 1.23 bits per heavy atom. The smallest absolute Gasteiger partial charge is 0.293 e. The Hall–Kier alpha value is -2.69. The molecule has 1 aliphatic rings. The van der Waals surface area contributed by atoms with Crippen molar-refractivity contribution in [2.45, 2.75) is 24.2 Å². The number of nitro groups is 1. The lowest BCUT2D eigenvalue weighted by atomic mass is 9.99. The van der Waals surface area contributed by atoms with Crippen molar-refractivity contribution in [2.75, 3.05) is 32.2 Å². The quantitative estimate of drug-likeness (QED) is 0.481. The van der Waals surface area contributed by atoms with Crippen molar-refractivity contribution >= 4 is 21.4 Å². The number of nitro benzene ring substituents is 1. The zero-order valence-electron chi connectivity index (χ0n) is 16.7. The Morgan fingerprint density at radius 3 is 2.47 bits per heavy atom. The van der Waals surface area contributed by atoms with Gasteiger partial charge in [-0.2, -0.15) is 0 Å². The minimum absolute atomic E-state index is 0.248. The van der Waals surface area contributed by atoms with Crippen molar-refractivity contribution in [3.05, 3.63) is 57.6 Å². The average molecular weight is 436 g/mol. The molecular weight excluding hydrogens is 410 g/mol. The van der Waals surface area contributed by atoms with E-state index >= 15 is 0 Å². The van der Waals surface area contributed by atoms with Crippen LogP contribution >= 0.6 is 0 Å². The molecule has 0 amide bonds. The lowest BCUT2D eigenvalue weighted by Crippen LogP contribution is -2.23. The Bertz CT molecular complexity index is 1000. The number of hydrogen-bond donors (Lipinski definition) is 2. The molecule has 0 radical (unpaired) electrons. The van der Waals surface area contributed by atoms with Crippen LogP contribution in [0.1, 0.15) is 24.0 Å². The standard InChI is InChI=1S/C20H25N3O6S/c1-28-17-4-2-14(3-5-17)10-16-11-18(22-13-15-6-8-29-9-7-15)19(23(24)25)12-20(16)30(21,26)27/h2-5,11-12,15,22H,6-10,13H2,1H3,(H2,21,26,27). The van der Waals surface area contributed by atoms with E-state index in [1.54, 1.807) is 19.2 Å². The number of primary sulfonamides is 1. The van der Waals surface area contributed by atoms with Gasteiger partial charge >= 0.3 is 0 Å². The predicted molar refractivity (Wildman–Crippen MR) is 112 cm³/mol. The van der Waals surface area contributed by atoms with Crippen LogP contribution < -0.4 is 15.2 Å². The fourth-order valence-corrected chi connectivity index (χ4v) is 4.25. The van der Waals surface area contributed by atoms with E-state index in [1.165, 1.54) is 6.07 Å². The zero-order valence-corrected chi connectivity index (χ0v) is 17.5. The molecule has 1 saturated heterocycles. The molecule has 2 aromatic carbocycles. The number of nitrogens with zero attached hydrogens (tertiary/aromatic N) is 1. The lowest BCUT2D eigenvalue weighted by Gasteiger charge is -2.23. The van der Waals surface area contributed by atoms with Gasteiger partial charge in [-0.1, -0.05) is 12.1 Å². The number of benzene rings is 2. The zero-order chi connectivity index (χ0) is 21.7. The van der Waals surface area contributed by atoms with Crippen molar-refractivity contribution in [2.24, 2.45) is 11.1 Å². The SMILES string of the molecule is COc1ccc(Cc2cc(NCC3CCOCC3)c([N+](=O)[O-])cc2S(N)(=O)=O)cc1. The summed E-state index contributed by atoms with van der Waals surface area (Å²) in [6, 6.07) is 9.70. The Labute approximate surface area is 175 Å². The van der Waals surface area contributed by atoms with Crippen LogP contribution in [0, 0.1) is 16.0 Å². The van der Waals surface area contributed by atoms with Crippen LogP contribution in [0.4, 0.5) is 11.4 Å². The number of ether oxygens (including phenoxy) is 2. The molecule has 0 atom stereocenters. The first kappa shape index (κ1) is 22.0. The predicted octanol–water partition coefficient (Wildman–Crippen LogP) is 2.68. The molecule has 3 N–H and O–H groups in total. The summed E-state index contributed by atoms with van der Waals surface area (Å²) in [5.74, 6) is 1.01. The van der Waals surface area contributed by atoms with Crippen molar-refractivity contribution in [3.63, 3.8) is 0 Å². The minimum Gasteiger partial charge on any atom is -0.497 e. The van der Waals surface area contributed by atoms with Crippen molar-refractivity contribution in [1.82, 2.24) is 0 Å².